The van der Waals surface area contributed by atoms with Gasteiger partial charge in [-0.1, -0.05) is 19.1 Å². The fourth-order valence-corrected chi connectivity index (χ4v) is 2.27. The Morgan fingerprint density at radius 3 is 2.31 bits per heavy atom. The molecule has 1 aromatic rings. The molecule has 86 valence electrons. The van der Waals surface area contributed by atoms with Gasteiger partial charge in [0, 0.05) is 0 Å². The van der Waals surface area contributed by atoms with Gasteiger partial charge >= 0.3 is 5.97 Å². The van der Waals surface area contributed by atoms with Crippen LogP contribution < -0.4 is 0 Å². The molecule has 0 spiro atoms. The number of benzene rings is 1. The van der Waals surface area contributed by atoms with Crippen molar-refractivity contribution >= 4 is 5.97 Å². The van der Waals surface area contributed by atoms with E-state index in [0.717, 1.165) is 18.4 Å². The number of carbonyl (C=O) groups is 1. The van der Waals surface area contributed by atoms with Crippen LogP contribution in [0.3, 0.4) is 0 Å². The summed E-state index contributed by atoms with van der Waals surface area (Å²) in [5, 5.41) is 18.3. The lowest BCUT2D eigenvalue weighted by molar-refractivity contribution is -0.142. The number of phenols is 1. The quantitative estimate of drug-likeness (QED) is 0.820. The number of aliphatic carboxylic acids is 1. The maximum Gasteiger partial charge on any atom is 0.306 e. The molecule has 2 unspecified atom stereocenters. The second kappa shape index (κ2) is 4.16. The average Bonchev–Trinajstić information content (AvgIpc) is 3.05. The third kappa shape index (κ3) is 2.18. The van der Waals surface area contributed by atoms with Crippen LogP contribution in [-0.2, 0) is 4.79 Å². The molecule has 0 radical (unpaired) electrons. The molecule has 0 aromatic heterocycles. The van der Waals surface area contributed by atoms with Crippen molar-refractivity contribution in [1.82, 2.24) is 0 Å². The van der Waals surface area contributed by atoms with Crippen molar-refractivity contribution in [2.75, 3.05) is 0 Å². The SMILES string of the molecule is CC(C(=O)O)C(c1ccc(O)cc1)C1CC1. The first-order chi connectivity index (χ1) is 7.59. The van der Waals surface area contributed by atoms with E-state index < -0.39 is 5.97 Å². The normalized spacial score (nSPS) is 19.1. The van der Waals surface area contributed by atoms with Crippen molar-refractivity contribution < 1.29 is 15.0 Å². The van der Waals surface area contributed by atoms with E-state index in [-0.39, 0.29) is 17.6 Å². The predicted molar refractivity (Wildman–Crippen MR) is 60.4 cm³/mol. The number of rotatable bonds is 4. The minimum absolute atomic E-state index is 0.0816. The summed E-state index contributed by atoms with van der Waals surface area (Å²) < 4.78 is 0. The molecule has 0 amide bonds. The molecule has 3 nitrogen and oxygen atoms in total. The Balaban J connectivity index is 2.25. The van der Waals surface area contributed by atoms with E-state index in [1.54, 1.807) is 19.1 Å². The maximum absolute atomic E-state index is 11.1. The molecular formula is C13H16O3. The zero-order valence-corrected chi connectivity index (χ0v) is 9.26. The summed E-state index contributed by atoms with van der Waals surface area (Å²) in [7, 11) is 0. The molecule has 1 fully saturated rings. The molecular weight excluding hydrogens is 204 g/mol. The lowest BCUT2D eigenvalue weighted by atomic mass is 9.83. The Morgan fingerprint density at radius 2 is 1.88 bits per heavy atom. The molecule has 1 aliphatic rings. The Hall–Kier alpha value is -1.51. The zero-order valence-electron chi connectivity index (χ0n) is 9.26. The zero-order chi connectivity index (χ0) is 11.7. The standard InChI is InChI=1S/C13H16O3/c1-8(13(15)16)12(9-2-3-9)10-4-6-11(14)7-5-10/h4-9,12,14H,2-3H2,1H3,(H,15,16). The van der Waals surface area contributed by atoms with Crippen molar-refractivity contribution in [3.05, 3.63) is 29.8 Å². The largest absolute Gasteiger partial charge is 0.508 e. The summed E-state index contributed by atoms with van der Waals surface area (Å²) in [6, 6.07) is 6.91. The van der Waals surface area contributed by atoms with Gasteiger partial charge in [0.2, 0.25) is 0 Å². The molecule has 2 rings (SSSR count). The Bertz CT molecular complexity index is 379. The molecule has 0 bridgehead atoms. The van der Waals surface area contributed by atoms with Gasteiger partial charge in [-0.3, -0.25) is 4.79 Å². The fourth-order valence-electron chi connectivity index (χ4n) is 2.27. The monoisotopic (exact) mass is 220 g/mol. The summed E-state index contributed by atoms with van der Waals surface area (Å²) in [5.74, 6) is -0.308. The van der Waals surface area contributed by atoms with Gasteiger partial charge in [0.1, 0.15) is 5.75 Å². The van der Waals surface area contributed by atoms with E-state index in [2.05, 4.69) is 0 Å². The number of carboxylic acid groups (broad SMARTS) is 1. The maximum atomic E-state index is 11.1. The molecule has 0 heterocycles. The fraction of sp³-hybridized carbons (Fsp3) is 0.462. The van der Waals surface area contributed by atoms with Crippen LogP contribution in [-0.4, -0.2) is 16.2 Å². The molecule has 1 saturated carbocycles. The minimum Gasteiger partial charge on any atom is -0.508 e. The summed E-state index contributed by atoms with van der Waals surface area (Å²) in [6.07, 6.45) is 2.23. The van der Waals surface area contributed by atoms with Crippen LogP contribution in [0.4, 0.5) is 0 Å². The number of carboxylic acids is 1. The van der Waals surface area contributed by atoms with E-state index in [4.69, 9.17) is 5.11 Å². The number of hydrogen-bond acceptors (Lipinski definition) is 2. The van der Waals surface area contributed by atoms with E-state index in [1.165, 1.54) is 0 Å². The van der Waals surface area contributed by atoms with Gasteiger partial charge in [0.25, 0.3) is 0 Å². The van der Waals surface area contributed by atoms with Crippen LogP contribution >= 0.6 is 0 Å². The van der Waals surface area contributed by atoms with E-state index in [1.807, 2.05) is 12.1 Å². The predicted octanol–water partition coefficient (Wildman–Crippen LogP) is 2.61. The van der Waals surface area contributed by atoms with Crippen molar-refractivity contribution in [2.24, 2.45) is 11.8 Å². The van der Waals surface area contributed by atoms with Crippen LogP contribution in [0.5, 0.6) is 5.75 Å². The average molecular weight is 220 g/mol. The van der Waals surface area contributed by atoms with Crippen molar-refractivity contribution in [3.8, 4) is 5.75 Å². The van der Waals surface area contributed by atoms with E-state index in [0.29, 0.717) is 5.92 Å². The molecule has 0 saturated heterocycles. The highest BCUT2D eigenvalue weighted by Gasteiger charge is 2.38. The third-order valence-corrected chi connectivity index (χ3v) is 3.34. The lowest BCUT2D eigenvalue weighted by Gasteiger charge is -2.21. The first-order valence-corrected chi connectivity index (χ1v) is 5.61. The summed E-state index contributed by atoms with van der Waals surface area (Å²) in [5.41, 5.74) is 1.02. The highest BCUT2D eigenvalue weighted by molar-refractivity contribution is 5.71. The van der Waals surface area contributed by atoms with Crippen LogP contribution in [0.1, 0.15) is 31.2 Å². The van der Waals surface area contributed by atoms with Crippen LogP contribution in [0, 0.1) is 11.8 Å². The molecule has 2 atom stereocenters. The summed E-state index contributed by atoms with van der Waals surface area (Å²) in [4.78, 5) is 11.1. The second-order valence-electron chi connectivity index (χ2n) is 4.58. The van der Waals surface area contributed by atoms with Crippen LogP contribution in [0.15, 0.2) is 24.3 Å². The van der Waals surface area contributed by atoms with Gasteiger partial charge in [0.15, 0.2) is 0 Å². The van der Waals surface area contributed by atoms with Crippen LogP contribution in [0.25, 0.3) is 0 Å². The first-order valence-electron chi connectivity index (χ1n) is 5.61. The van der Waals surface area contributed by atoms with E-state index in [9.17, 15) is 9.90 Å². The van der Waals surface area contributed by atoms with Gasteiger partial charge < -0.3 is 10.2 Å². The lowest BCUT2D eigenvalue weighted by Crippen LogP contribution is -2.20. The molecule has 1 aromatic carbocycles. The van der Waals surface area contributed by atoms with Crippen molar-refractivity contribution in [2.45, 2.75) is 25.7 Å². The molecule has 1 aliphatic carbocycles. The van der Waals surface area contributed by atoms with Crippen molar-refractivity contribution in [3.63, 3.8) is 0 Å². The van der Waals surface area contributed by atoms with Gasteiger partial charge in [0.05, 0.1) is 5.92 Å². The Morgan fingerprint density at radius 1 is 1.31 bits per heavy atom. The minimum atomic E-state index is -0.745. The Labute approximate surface area is 94.7 Å². The third-order valence-electron chi connectivity index (χ3n) is 3.34. The molecule has 3 heteroatoms. The van der Waals surface area contributed by atoms with Gasteiger partial charge in [-0.25, -0.2) is 0 Å². The van der Waals surface area contributed by atoms with E-state index >= 15 is 0 Å². The number of hydrogen-bond donors (Lipinski definition) is 2. The highest BCUT2D eigenvalue weighted by Crippen LogP contribution is 2.46. The smallest absolute Gasteiger partial charge is 0.306 e. The van der Waals surface area contributed by atoms with Gasteiger partial charge in [-0.15, -0.1) is 0 Å². The topological polar surface area (TPSA) is 57.5 Å². The summed E-state index contributed by atoms with van der Waals surface area (Å²) >= 11 is 0. The van der Waals surface area contributed by atoms with Gasteiger partial charge in [-0.2, -0.15) is 0 Å². The number of aromatic hydroxyl groups is 1. The Kier molecular flexibility index (Phi) is 2.86. The molecule has 2 N–H and O–H groups in total. The first kappa shape index (κ1) is 11.0. The summed E-state index contributed by atoms with van der Waals surface area (Å²) in [6.45, 7) is 1.76. The van der Waals surface area contributed by atoms with Crippen molar-refractivity contribution in [1.29, 1.82) is 0 Å². The van der Waals surface area contributed by atoms with Crippen LogP contribution in [0.2, 0.25) is 0 Å². The molecule has 0 aliphatic heterocycles. The second-order valence-corrected chi connectivity index (χ2v) is 4.58. The number of phenolic OH excluding ortho intramolecular Hbond substituents is 1. The molecule has 16 heavy (non-hydrogen) atoms. The highest BCUT2D eigenvalue weighted by atomic mass is 16.4. The van der Waals surface area contributed by atoms with Gasteiger partial charge in [-0.05, 0) is 42.4 Å².